The lowest BCUT2D eigenvalue weighted by Crippen LogP contribution is -2.39. The maximum atomic E-state index is 2.67. The van der Waals surface area contributed by atoms with E-state index in [1.54, 1.807) is 0 Å². The summed E-state index contributed by atoms with van der Waals surface area (Å²) < 4.78 is 0. The Morgan fingerprint density at radius 1 is 0.406 bits per heavy atom. The molecule has 0 aromatic heterocycles. The van der Waals surface area contributed by atoms with Gasteiger partial charge in [-0.1, -0.05) is 136 Å². The van der Waals surface area contributed by atoms with E-state index in [-0.39, 0.29) is 0 Å². The maximum absolute atomic E-state index is 2.67. The molecule has 0 N–H and O–H groups in total. The molecule has 0 aliphatic carbocycles. The Balaban J connectivity index is 2.16. The Kier molecular flexibility index (Phi) is 20.3. The van der Waals surface area contributed by atoms with Crippen LogP contribution in [0.4, 0.5) is 0 Å². The van der Waals surface area contributed by atoms with Crippen molar-refractivity contribution < 1.29 is 0 Å². The Morgan fingerprint density at radius 3 is 1.09 bits per heavy atom. The summed E-state index contributed by atoms with van der Waals surface area (Å²) in [5.74, 6) is 0. The molecule has 0 fully saturated rings. The topological polar surface area (TPSA) is 6.48 Å². The third kappa shape index (κ3) is 15.2. The highest BCUT2D eigenvalue weighted by molar-refractivity contribution is 4.96. The van der Waals surface area contributed by atoms with E-state index in [1.807, 2.05) is 0 Å². The van der Waals surface area contributed by atoms with Gasteiger partial charge in [-0.15, -0.1) is 0 Å². The predicted octanol–water partition coefficient (Wildman–Crippen LogP) is 10.0. The molecule has 0 saturated heterocycles. The maximum Gasteiger partial charge on any atom is 0.101 e. The summed E-state index contributed by atoms with van der Waals surface area (Å²) in [4.78, 5) is 5.34. The molecule has 1 unspecified atom stereocenters. The second-order valence-electron chi connectivity index (χ2n) is 10.4. The van der Waals surface area contributed by atoms with Gasteiger partial charge >= 0.3 is 0 Å². The van der Waals surface area contributed by atoms with E-state index in [0.717, 1.165) is 0 Å². The molecule has 0 aromatic rings. The first-order valence-corrected chi connectivity index (χ1v) is 15.0. The highest BCUT2D eigenvalue weighted by atomic mass is 15.4. The van der Waals surface area contributed by atoms with Gasteiger partial charge in [0.15, 0.2) is 0 Å². The molecule has 0 saturated carbocycles. The van der Waals surface area contributed by atoms with Gasteiger partial charge in [0.2, 0.25) is 0 Å². The number of unbranched alkanes of at least 4 members (excludes halogenated alkanes) is 18. The van der Waals surface area contributed by atoms with Crippen LogP contribution in [0.3, 0.4) is 0 Å². The minimum absolute atomic E-state index is 0.643. The quantitative estimate of drug-likeness (QED) is 0.135. The van der Waals surface area contributed by atoms with Crippen molar-refractivity contribution in [3.05, 3.63) is 12.4 Å². The van der Waals surface area contributed by atoms with Crippen molar-refractivity contribution in [1.82, 2.24) is 9.80 Å². The average molecular weight is 449 g/mol. The van der Waals surface area contributed by atoms with Gasteiger partial charge in [-0.2, -0.15) is 0 Å². The highest BCUT2D eigenvalue weighted by Crippen LogP contribution is 2.23. The van der Waals surface area contributed by atoms with Gasteiger partial charge < -0.3 is 9.80 Å². The van der Waals surface area contributed by atoms with Gasteiger partial charge in [-0.05, 0) is 25.7 Å². The molecule has 2 nitrogen and oxygen atoms in total. The van der Waals surface area contributed by atoms with Crippen molar-refractivity contribution in [2.45, 2.75) is 168 Å². The number of nitrogens with zero attached hydrogens (tertiary/aromatic N) is 2. The summed E-state index contributed by atoms with van der Waals surface area (Å²) in [6.45, 7) is 9.46. The van der Waals surface area contributed by atoms with Gasteiger partial charge in [0.1, 0.15) is 6.17 Å². The number of hydrogen-bond donors (Lipinski definition) is 0. The van der Waals surface area contributed by atoms with Gasteiger partial charge in [0.25, 0.3) is 0 Å². The minimum Gasteiger partial charge on any atom is -0.356 e. The molecule has 1 heterocycles. The standard InChI is InChI=1S/C30H60N2/c1-4-7-10-12-14-16-17-19-21-24-27-32-29-28-31(30(32)25-22-9-6-3)26-23-20-18-15-13-11-8-5-2/h28-30H,4-27H2,1-3H3. The zero-order valence-corrected chi connectivity index (χ0v) is 22.6. The van der Waals surface area contributed by atoms with Crippen molar-refractivity contribution in [3.8, 4) is 0 Å². The molecular weight excluding hydrogens is 388 g/mol. The van der Waals surface area contributed by atoms with Crippen molar-refractivity contribution >= 4 is 0 Å². The zero-order chi connectivity index (χ0) is 23.1. The number of hydrogen-bond acceptors (Lipinski definition) is 2. The lowest BCUT2D eigenvalue weighted by molar-refractivity contribution is 0.135. The molecule has 190 valence electrons. The van der Waals surface area contributed by atoms with Crippen molar-refractivity contribution in [2.24, 2.45) is 0 Å². The minimum atomic E-state index is 0.643. The van der Waals surface area contributed by atoms with Crippen molar-refractivity contribution in [3.63, 3.8) is 0 Å². The second-order valence-corrected chi connectivity index (χ2v) is 10.4. The van der Waals surface area contributed by atoms with Crippen LogP contribution in [-0.2, 0) is 0 Å². The van der Waals surface area contributed by atoms with Crippen LogP contribution in [0.2, 0.25) is 0 Å². The Bertz CT molecular complexity index is 406. The van der Waals surface area contributed by atoms with E-state index in [0.29, 0.717) is 6.17 Å². The number of rotatable bonds is 24. The monoisotopic (exact) mass is 448 g/mol. The van der Waals surface area contributed by atoms with Crippen molar-refractivity contribution in [2.75, 3.05) is 13.1 Å². The van der Waals surface area contributed by atoms with E-state index in [4.69, 9.17) is 0 Å². The largest absolute Gasteiger partial charge is 0.356 e. The van der Waals surface area contributed by atoms with Crippen LogP contribution >= 0.6 is 0 Å². The predicted molar refractivity (Wildman–Crippen MR) is 145 cm³/mol. The van der Waals surface area contributed by atoms with E-state index in [9.17, 15) is 0 Å². The van der Waals surface area contributed by atoms with Crippen LogP contribution in [-0.4, -0.2) is 29.1 Å². The molecular formula is C30H60N2. The second kappa shape index (κ2) is 22.1. The van der Waals surface area contributed by atoms with Gasteiger partial charge in [-0.3, -0.25) is 0 Å². The molecule has 1 aliphatic rings. The summed E-state index contributed by atoms with van der Waals surface area (Å²) in [5.41, 5.74) is 0. The van der Waals surface area contributed by atoms with E-state index >= 15 is 0 Å². The SMILES string of the molecule is CCCCCCCCCCCCN1C=CN(CCCCCCCCCC)C1CCCCC. The lowest BCUT2D eigenvalue weighted by atomic mass is 10.1. The fourth-order valence-electron chi connectivity index (χ4n) is 5.13. The van der Waals surface area contributed by atoms with Crippen LogP contribution in [0.25, 0.3) is 0 Å². The highest BCUT2D eigenvalue weighted by Gasteiger charge is 2.24. The first-order valence-electron chi connectivity index (χ1n) is 15.0. The van der Waals surface area contributed by atoms with Gasteiger partial charge in [-0.25, -0.2) is 0 Å². The Labute approximate surface area is 203 Å². The van der Waals surface area contributed by atoms with Crippen molar-refractivity contribution in [1.29, 1.82) is 0 Å². The molecule has 0 spiro atoms. The molecule has 2 heteroatoms. The third-order valence-electron chi connectivity index (χ3n) is 7.32. The zero-order valence-electron chi connectivity index (χ0n) is 22.6. The normalized spacial score (nSPS) is 15.9. The molecule has 0 amide bonds. The van der Waals surface area contributed by atoms with Gasteiger partial charge in [0.05, 0.1) is 0 Å². The average Bonchev–Trinajstić information content (AvgIpc) is 3.18. The summed E-state index contributed by atoms with van der Waals surface area (Å²) >= 11 is 0. The van der Waals surface area contributed by atoms with Crippen LogP contribution in [0, 0.1) is 0 Å². The first-order chi connectivity index (χ1) is 15.8. The fourth-order valence-corrected chi connectivity index (χ4v) is 5.13. The van der Waals surface area contributed by atoms with Crippen LogP contribution in [0.5, 0.6) is 0 Å². The third-order valence-corrected chi connectivity index (χ3v) is 7.32. The van der Waals surface area contributed by atoms with Gasteiger partial charge in [0, 0.05) is 25.5 Å². The summed E-state index contributed by atoms with van der Waals surface area (Å²) in [6.07, 6.45) is 36.5. The molecule has 1 atom stereocenters. The Morgan fingerprint density at radius 2 is 0.719 bits per heavy atom. The molecule has 32 heavy (non-hydrogen) atoms. The molecule has 1 aliphatic heterocycles. The van der Waals surface area contributed by atoms with Crippen LogP contribution in [0.15, 0.2) is 12.4 Å². The van der Waals surface area contributed by atoms with E-state index in [2.05, 4.69) is 43.0 Å². The molecule has 0 radical (unpaired) electrons. The summed E-state index contributed by atoms with van der Waals surface area (Å²) in [7, 11) is 0. The smallest absolute Gasteiger partial charge is 0.101 e. The summed E-state index contributed by atoms with van der Waals surface area (Å²) in [6, 6.07) is 0. The molecule has 0 aromatic carbocycles. The lowest BCUT2D eigenvalue weighted by Gasteiger charge is -2.33. The first kappa shape index (κ1) is 29.4. The van der Waals surface area contributed by atoms with E-state index in [1.165, 1.54) is 154 Å². The fraction of sp³-hybridized carbons (Fsp3) is 0.933. The Hall–Kier alpha value is -0.660. The van der Waals surface area contributed by atoms with Crippen LogP contribution in [0.1, 0.15) is 162 Å². The molecule has 0 bridgehead atoms. The summed E-state index contributed by atoms with van der Waals surface area (Å²) in [5, 5.41) is 0. The van der Waals surface area contributed by atoms with E-state index < -0.39 is 0 Å². The molecule has 1 rings (SSSR count). The van der Waals surface area contributed by atoms with Crippen LogP contribution < -0.4 is 0 Å².